The van der Waals surface area contributed by atoms with Gasteiger partial charge in [0.1, 0.15) is 0 Å². The number of rotatable bonds is 7. The summed E-state index contributed by atoms with van der Waals surface area (Å²) in [6.45, 7) is 10.2. The van der Waals surface area contributed by atoms with E-state index in [1.54, 1.807) is 6.92 Å². The van der Waals surface area contributed by atoms with Gasteiger partial charge in [-0.3, -0.25) is 9.05 Å². The Morgan fingerprint density at radius 3 is 2.17 bits per heavy atom. The quantitative estimate of drug-likeness (QED) is 0.522. The third-order valence-corrected chi connectivity index (χ3v) is 4.04. The van der Waals surface area contributed by atoms with Gasteiger partial charge in [0.2, 0.25) is 0 Å². The summed E-state index contributed by atoms with van der Waals surface area (Å²) in [6, 6.07) is 9.52. The fourth-order valence-corrected chi connectivity index (χ4v) is 3.13. The lowest BCUT2D eigenvalue weighted by molar-refractivity contribution is 0.186. The molecule has 0 aliphatic rings. The predicted octanol–water partition coefficient (Wildman–Crippen LogP) is 4.89. The molecule has 0 unspecified atom stereocenters. The maximum Gasteiger partial charge on any atom is 0.415 e. The Morgan fingerprint density at radius 1 is 1.17 bits per heavy atom. The van der Waals surface area contributed by atoms with Crippen molar-refractivity contribution >= 4 is 13.4 Å². The molecule has 0 aromatic heterocycles. The maximum atomic E-state index is 5.63. The third-order valence-electron chi connectivity index (χ3n) is 1.85. The first-order valence-corrected chi connectivity index (χ1v) is 7.43. The maximum absolute atomic E-state index is 5.63. The van der Waals surface area contributed by atoms with Crippen LogP contribution in [0.25, 0.3) is 0 Å². The molecule has 0 N–H and O–H groups in total. The van der Waals surface area contributed by atoms with E-state index in [1.165, 1.54) is 0 Å². The Bertz CT molecular complexity index is 421. The number of hydrogen-bond acceptors (Lipinski definition) is 4. The lowest BCUT2D eigenvalue weighted by atomic mass is 10.3. The van der Waals surface area contributed by atoms with E-state index in [1.807, 2.05) is 44.2 Å². The van der Waals surface area contributed by atoms with Crippen molar-refractivity contribution in [1.82, 2.24) is 0 Å². The van der Waals surface area contributed by atoms with Crippen molar-refractivity contribution in [2.24, 2.45) is 4.74 Å². The zero-order chi connectivity index (χ0) is 13.4. The molecule has 5 heteroatoms. The van der Waals surface area contributed by atoms with Gasteiger partial charge in [0, 0.05) is 0 Å². The van der Waals surface area contributed by atoms with E-state index < -0.39 is 7.74 Å². The van der Waals surface area contributed by atoms with Crippen LogP contribution in [0.1, 0.15) is 20.8 Å². The summed E-state index contributed by atoms with van der Waals surface area (Å²) in [6.07, 6.45) is 0. The van der Waals surface area contributed by atoms with Gasteiger partial charge >= 0.3 is 7.74 Å². The molecule has 4 nitrogen and oxygen atoms in total. The summed E-state index contributed by atoms with van der Waals surface area (Å²) < 4.78 is 21.4. The van der Waals surface area contributed by atoms with Crippen molar-refractivity contribution in [2.45, 2.75) is 20.8 Å². The van der Waals surface area contributed by atoms with E-state index in [0.29, 0.717) is 19.0 Å². The van der Waals surface area contributed by atoms with E-state index in [4.69, 9.17) is 13.6 Å². The highest BCUT2D eigenvalue weighted by molar-refractivity contribution is 7.51. The molecular weight excluding hydrogens is 249 g/mol. The minimum Gasteiger partial charge on any atom is -0.424 e. The Labute approximate surface area is 109 Å². The van der Waals surface area contributed by atoms with Crippen molar-refractivity contribution in [3.05, 3.63) is 42.7 Å². The molecule has 0 radical (unpaired) electrons. The molecule has 0 atom stereocenters. The summed E-state index contributed by atoms with van der Waals surface area (Å²) in [4.78, 5) is 0. The highest BCUT2D eigenvalue weighted by Crippen LogP contribution is 2.56. The Hall–Kier alpha value is -1.09. The smallest absolute Gasteiger partial charge is 0.415 e. The molecule has 0 saturated heterocycles. The zero-order valence-corrected chi connectivity index (χ0v) is 12.0. The van der Waals surface area contributed by atoms with Crippen LogP contribution in [0.4, 0.5) is 5.69 Å². The first-order valence-electron chi connectivity index (χ1n) is 5.93. The van der Waals surface area contributed by atoms with E-state index in [9.17, 15) is 0 Å². The molecule has 0 saturated carbocycles. The van der Waals surface area contributed by atoms with Gasteiger partial charge in [-0.2, -0.15) is 4.74 Å². The van der Waals surface area contributed by atoms with Crippen LogP contribution in [0.3, 0.4) is 0 Å². The van der Waals surface area contributed by atoms with Gasteiger partial charge in [0.05, 0.1) is 24.7 Å². The fourth-order valence-electron chi connectivity index (χ4n) is 1.33. The highest BCUT2D eigenvalue weighted by Gasteiger charge is 2.24. The third kappa shape index (κ3) is 4.65. The van der Waals surface area contributed by atoms with Crippen molar-refractivity contribution < 1.29 is 13.6 Å². The van der Waals surface area contributed by atoms with Crippen molar-refractivity contribution in [2.75, 3.05) is 13.2 Å². The van der Waals surface area contributed by atoms with Crippen molar-refractivity contribution in [3.63, 3.8) is 0 Å². The van der Waals surface area contributed by atoms with Gasteiger partial charge in [0.15, 0.2) is 0 Å². The Balaban J connectivity index is 3.14. The van der Waals surface area contributed by atoms with Crippen LogP contribution < -0.4 is 0 Å². The normalized spacial score (nSPS) is 11.1. The summed E-state index contributed by atoms with van der Waals surface area (Å²) in [5.41, 5.74) is 0.772. The summed E-state index contributed by atoms with van der Waals surface area (Å²) >= 11 is 0. The van der Waals surface area contributed by atoms with Crippen LogP contribution in [0.5, 0.6) is 0 Å². The van der Waals surface area contributed by atoms with Crippen LogP contribution in [0.15, 0.2) is 47.4 Å². The number of hydrogen-bond donors (Lipinski definition) is 0. The average Bonchev–Trinajstić information content (AvgIpc) is 2.29. The topological polar surface area (TPSA) is 40.0 Å². The molecule has 1 aromatic carbocycles. The summed E-state index contributed by atoms with van der Waals surface area (Å²) in [7, 11) is -2.75. The first-order chi connectivity index (χ1) is 8.62. The largest absolute Gasteiger partial charge is 0.424 e. The molecule has 1 aromatic rings. The van der Waals surface area contributed by atoms with Crippen molar-refractivity contribution in [3.8, 4) is 0 Å². The van der Waals surface area contributed by atoms with Crippen LogP contribution in [0, 0.1) is 0 Å². The molecule has 100 valence electrons. The first kappa shape index (κ1) is 15.0. The molecule has 0 aliphatic heterocycles. The van der Waals surface area contributed by atoms with Crippen LogP contribution in [-0.4, -0.2) is 13.2 Å². The van der Waals surface area contributed by atoms with E-state index in [0.717, 1.165) is 5.69 Å². The standard InChI is InChI=1S/C13H20NO3P/c1-5-15-18(16-6-2,17-12(3)4)14-13-10-8-7-9-11-13/h7-11H,3,5-6H2,1-2,4H3. The predicted molar refractivity (Wildman–Crippen MR) is 74.6 cm³/mol. The molecule has 18 heavy (non-hydrogen) atoms. The minimum atomic E-state index is -2.75. The highest BCUT2D eigenvalue weighted by atomic mass is 31.2. The lowest BCUT2D eigenvalue weighted by Crippen LogP contribution is -1.99. The average molecular weight is 269 g/mol. The van der Waals surface area contributed by atoms with E-state index >= 15 is 0 Å². The fraction of sp³-hybridized carbons (Fsp3) is 0.385. The van der Waals surface area contributed by atoms with Gasteiger partial charge in [-0.15, -0.1) is 0 Å². The van der Waals surface area contributed by atoms with E-state index in [-0.39, 0.29) is 0 Å². The van der Waals surface area contributed by atoms with Crippen LogP contribution >= 0.6 is 7.74 Å². The lowest BCUT2D eigenvalue weighted by Gasteiger charge is -2.22. The molecule has 0 bridgehead atoms. The minimum absolute atomic E-state index is 0.470. The molecule has 0 heterocycles. The molecule has 0 spiro atoms. The van der Waals surface area contributed by atoms with E-state index in [2.05, 4.69) is 11.3 Å². The zero-order valence-electron chi connectivity index (χ0n) is 11.1. The van der Waals surface area contributed by atoms with Gasteiger partial charge in [-0.05, 0) is 32.9 Å². The monoisotopic (exact) mass is 269 g/mol. The van der Waals surface area contributed by atoms with Crippen LogP contribution in [0.2, 0.25) is 0 Å². The number of nitrogens with zero attached hydrogens (tertiary/aromatic N) is 1. The molecular formula is C13H20NO3P. The molecule has 1 rings (SSSR count). The molecule has 0 aliphatic carbocycles. The van der Waals surface area contributed by atoms with Gasteiger partial charge in [-0.25, -0.2) is 0 Å². The Kier molecular flexibility index (Phi) is 6.13. The van der Waals surface area contributed by atoms with Crippen molar-refractivity contribution in [1.29, 1.82) is 0 Å². The molecule has 0 amide bonds. The second kappa shape index (κ2) is 7.37. The Morgan fingerprint density at radius 2 is 1.72 bits per heavy atom. The summed E-state index contributed by atoms with van der Waals surface area (Å²) in [5.74, 6) is 0.532. The second-order valence-electron chi connectivity index (χ2n) is 3.53. The summed E-state index contributed by atoms with van der Waals surface area (Å²) in [5, 5.41) is 0. The SMILES string of the molecule is C=C(C)OP(=Nc1ccccc1)(OCC)OCC. The van der Waals surface area contributed by atoms with Crippen LogP contribution in [-0.2, 0) is 13.6 Å². The second-order valence-corrected chi connectivity index (χ2v) is 5.37. The number of benzene rings is 1. The van der Waals surface area contributed by atoms with Gasteiger partial charge in [-0.1, -0.05) is 24.8 Å². The van der Waals surface area contributed by atoms with Gasteiger partial charge in [0.25, 0.3) is 0 Å². The van der Waals surface area contributed by atoms with Gasteiger partial charge < -0.3 is 4.52 Å². The molecule has 0 fully saturated rings. The number of allylic oxidation sites excluding steroid dienone is 1.